The van der Waals surface area contributed by atoms with Gasteiger partial charge in [0.25, 0.3) is 0 Å². The Morgan fingerprint density at radius 2 is 1.40 bits per heavy atom. The molecular formula is C23H45O6P. The van der Waals surface area contributed by atoms with Crippen molar-refractivity contribution in [1.82, 2.24) is 0 Å². The first-order chi connectivity index (χ1) is 14.2. The minimum absolute atomic E-state index is 0.224. The summed E-state index contributed by atoms with van der Waals surface area (Å²) in [5, 5.41) is 0. The van der Waals surface area contributed by atoms with Gasteiger partial charge in [-0.05, 0) is 24.7 Å². The van der Waals surface area contributed by atoms with E-state index in [4.69, 9.17) is 18.3 Å². The molecule has 7 heteroatoms. The van der Waals surface area contributed by atoms with Crippen LogP contribution in [-0.2, 0) is 27.7 Å². The monoisotopic (exact) mass is 448 g/mol. The third-order valence-electron chi connectivity index (χ3n) is 5.20. The van der Waals surface area contributed by atoms with Crippen molar-refractivity contribution in [3.8, 4) is 0 Å². The third-order valence-corrected chi connectivity index (χ3v) is 6.60. The molecule has 0 spiro atoms. The smallest absolute Gasteiger partial charge is 0.432 e. The van der Waals surface area contributed by atoms with Gasteiger partial charge >= 0.3 is 13.8 Å². The van der Waals surface area contributed by atoms with Crippen LogP contribution in [0.2, 0.25) is 0 Å². The second kappa shape index (κ2) is 16.9. The van der Waals surface area contributed by atoms with E-state index in [1.54, 1.807) is 0 Å². The maximum Gasteiger partial charge on any atom is 0.477 e. The lowest BCUT2D eigenvalue weighted by molar-refractivity contribution is -0.167. The van der Waals surface area contributed by atoms with Gasteiger partial charge in [-0.2, -0.15) is 0 Å². The highest BCUT2D eigenvalue weighted by Crippen LogP contribution is 2.52. The Kier molecular flexibility index (Phi) is 16.6. The molecule has 0 heterocycles. The number of hydrogen-bond donors (Lipinski definition) is 0. The van der Waals surface area contributed by atoms with E-state index in [2.05, 4.69) is 34.3 Å². The molecule has 0 fully saturated rings. The van der Waals surface area contributed by atoms with Crippen molar-refractivity contribution in [2.24, 2.45) is 17.8 Å². The number of phosphoric acid groups is 1. The van der Waals surface area contributed by atoms with E-state index in [0.717, 1.165) is 57.4 Å². The lowest BCUT2D eigenvalue weighted by atomic mass is 10.0. The van der Waals surface area contributed by atoms with Crippen molar-refractivity contribution in [3.63, 3.8) is 0 Å². The number of phosphoric ester groups is 1. The summed E-state index contributed by atoms with van der Waals surface area (Å²) in [6, 6.07) is 0. The molecule has 3 atom stereocenters. The maximum absolute atomic E-state index is 13.5. The predicted molar refractivity (Wildman–Crippen MR) is 122 cm³/mol. The summed E-state index contributed by atoms with van der Waals surface area (Å²) in [4.78, 5) is 11.7. The summed E-state index contributed by atoms with van der Waals surface area (Å²) in [7, 11) is -3.91. The highest BCUT2D eigenvalue weighted by Gasteiger charge is 2.35. The quantitative estimate of drug-likeness (QED) is 0.0894. The van der Waals surface area contributed by atoms with E-state index in [0.29, 0.717) is 13.2 Å². The number of carbonyl (C=O) groups is 1. The molecule has 0 saturated heterocycles. The van der Waals surface area contributed by atoms with Crippen LogP contribution in [0.5, 0.6) is 0 Å². The number of esters is 1. The summed E-state index contributed by atoms with van der Waals surface area (Å²) in [6.07, 6.45) is 8.26. The fraction of sp³-hybridized carbons (Fsp3) is 0.870. The molecule has 3 unspecified atom stereocenters. The minimum atomic E-state index is -3.91. The minimum Gasteiger partial charge on any atom is -0.432 e. The molecule has 6 nitrogen and oxygen atoms in total. The first kappa shape index (κ1) is 29.3. The third kappa shape index (κ3) is 12.9. The van der Waals surface area contributed by atoms with Gasteiger partial charge in [-0.1, -0.05) is 86.6 Å². The predicted octanol–water partition coefficient (Wildman–Crippen LogP) is 7.29. The van der Waals surface area contributed by atoms with E-state index in [9.17, 15) is 9.36 Å². The van der Waals surface area contributed by atoms with Crippen LogP contribution in [0.1, 0.15) is 92.9 Å². The summed E-state index contributed by atoms with van der Waals surface area (Å²) < 4.78 is 36.0. The topological polar surface area (TPSA) is 71.1 Å². The van der Waals surface area contributed by atoms with Crippen LogP contribution in [0.25, 0.3) is 0 Å². The average Bonchev–Trinajstić information content (AvgIpc) is 2.73. The van der Waals surface area contributed by atoms with E-state index in [1.165, 1.54) is 0 Å². The van der Waals surface area contributed by atoms with Gasteiger partial charge in [-0.25, -0.2) is 13.9 Å². The Morgan fingerprint density at radius 3 is 1.73 bits per heavy atom. The molecule has 30 heavy (non-hydrogen) atoms. The van der Waals surface area contributed by atoms with Crippen molar-refractivity contribution in [2.75, 3.05) is 13.2 Å². The summed E-state index contributed by atoms with van der Waals surface area (Å²) in [5.74, 6) is -0.302. The standard InChI is InChI=1S/C23H45O6P/c1-8-13-15-20(10-3)17-26-30(25,27-18-21(11-4)16-14-9-2)29-23(19(6)7)28-22(24)12-5/h12,19-21,23H,5,8-11,13-18H2,1-4,6-7H3. The van der Waals surface area contributed by atoms with Crippen LogP contribution >= 0.6 is 7.82 Å². The van der Waals surface area contributed by atoms with Crippen LogP contribution in [0.4, 0.5) is 0 Å². The van der Waals surface area contributed by atoms with E-state index < -0.39 is 20.1 Å². The zero-order valence-corrected chi connectivity index (χ0v) is 21.0. The van der Waals surface area contributed by atoms with Crippen molar-refractivity contribution in [1.29, 1.82) is 0 Å². The van der Waals surface area contributed by atoms with Gasteiger partial charge in [0.2, 0.25) is 6.29 Å². The van der Waals surface area contributed by atoms with Crippen LogP contribution < -0.4 is 0 Å². The molecule has 0 rings (SSSR count). The molecular weight excluding hydrogens is 403 g/mol. The normalized spacial score (nSPS) is 16.6. The van der Waals surface area contributed by atoms with Gasteiger partial charge in [-0.3, -0.25) is 9.05 Å². The van der Waals surface area contributed by atoms with Crippen molar-refractivity contribution >= 4 is 13.8 Å². The number of unbranched alkanes of at least 4 members (excludes halogenated alkanes) is 2. The maximum atomic E-state index is 13.5. The lowest BCUT2D eigenvalue weighted by Gasteiger charge is -2.28. The fourth-order valence-corrected chi connectivity index (χ4v) is 4.38. The summed E-state index contributed by atoms with van der Waals surface area (Å²) in [6.45, 7) is 16.1. The van der Waals surface area contributed by atoms with Crippen LogP contribution in [0.3, 0.4) is 0 Å². The van der Waals surface area contributed by atoms with E-state index in [1.807, 2.05) is 13.8 Å². The van der Waals surface area contributed by atoms with Gasteiger partial charge in [-0.15, -0.1) is 0 Å². The van der Waals surface area contributed by atoms with Crippen molar-refractivity contribution in [3.05, 3.63) is 12.7 Å². The average molecular weight is 449 g/mol. The Balaban J connectivity index is 5.30. The van der Waals surface area contributed by atoms with Gasteiger partial charge < -0.3 is 4.74 Å². The first-order valence-electron chi connectivity index (χ1n) is 11.7. The second-order valence-corrected chi connectivity index (χ2v) is 9.85. The lowest BCUT2D eigenvalue weighted by Crippen LogP contribution is -2.26. The van der Waals surface area contributed by atoms with Gasteiger partial charge in [0.15, 0.2) is 0 Å². The first-order valence-corrected chi connectivity index (χ1v) is 13.1. The van der Waals surface area contributed by atoms with Gasteiger partial charge in [0, 0.05) is 12.0 Å². The summed E-state index contributed by atoms with van der Waals surface area (Å²) in [5.41, 5.74) is 0. The van der Waals surface area contributed by atoms with Crippen LogP contribution in [-0.4, -0.2) is 25.5 Å². The zero-order valence-electron chi connectivity index (χ0n) is 20.1. The highest BCUT2D eigenvalue weighted by atomic mass is 31.2. The van der Waals surface area contributed by atoms with E-state index >= 15 is 0 Å². The Bertz CT molecular complexity index is 484. The molecule has 0 aliphatic heterocycles. The molecule has 0 aromatic heterocycles. The molecule has 0 bridgehead atoms. The molecule has 178 valence electrons. The second-order valence-electron chi connectivity index (χ2n) is 8.23. The molecule has 0 N–H and O–H groups in total. The molecule has 0 saturated carbocycles. The molecule has 0 aliphatic rings. The molecule has 0 amide bonds. The highest BCUT2D eigenvalue weighted by molar-refractivity contribution is 7.48. The van der Waals surface area contributed by atoms with Crippen molar-refractivity contribution in [2.45, 2.75) is 99.2 Å². The number of hydrogen-bond acceptors (Lipinski definition) is 6. The number of rotatable bonds is 19. The van der Waals surface area contributed by atoms with Crippen LogP contribution in [0, 0.1) is 17.8 Å². The Hall–Kier alpha value is -0.680. The molecule has 0 aromatic rings. The Morgan fingerprint density at radius 1 is 0.933 bits per heavy atom. The van der Waals surface area contributed by atoms with Crippen LogP contribution in [0.15, 0.2) is 12.7 Å². The molecule has 0 radical (unpaired) electrons. The number of carbonyl (C=O) groups excluding carboxylic acids is 1. The fourth-order valence-electron chi connectivity index (χ4n) is 2.86. The largest absolute Gasteiger partial charge is 0.477 e. The molecule has 0 aliphatic carbocycles. The Labute approximate surface area is 184 Å². The van der Waals surface area contributed by atoms with E-state index in [-0.39, 0.29) is 17.8 Å². The van der Waals surface area contributed by atoms with Crippen molar-refractivity contribution < 1.29 is 27.7 Å². The zero-order chi connectivity index (χ0) is 23.0. The van der Waals surface area contributed by atoms with Gasteiger partial charge in [0.1, 0.15) is 0 Å². The number of ether oxygens (including phenoxy) is 1. The molecule has 0 aromatic carbocycles. The summed E-state index contributed by atoms with van der Waals surface area (Å²) >= 11 is 0. The van der Waals surface area contributed by atoms with Gasteiger partial charge in [0.05, 0.1) is 13.2 Å². The SMILES string of the molecule is C=CC(=O)OC(OP(=O)(OCC(CC)CCCC)OCC(CC)CCCC)C(C)C.